The molecule has 3 aromatic rings. The number of carbonyl (C=O) groups is 2. The fourth-order valence-electron chi connectivity index (χ4n) is 5.13. The number of nitrogens with one attached hydrogen (secondary N) is 1. The molecule has 0 saturated heterocycles. The van der Waals surface area contributed by atoms with E-state index in [4.69, 9.17) is 14.2 Å². The predicted molar refractivity (Wildman–Crippen MR) is 167 cm³/mol. The number of rotatable bonds is 10. The van der Waals surface area contributed by atoms with Gasteiger partial charge in [-0.3, -0.25) is 4.79 Å². The summed E-state index contributed by atoms with van der Waals surface area (Å²) >= 11 is 0. The fourth-order valence-corrected chi connectivity index (χ4v) is 5.13. The monoisotopic (exact) mass is 592 g/mol. The summed E-state index contributed by atoms with van der Waals surface area (Å²) in [6.45, 7) is 9.24. The molecule has 9 nitrogen and oxygen atoms in total. The lowest BCUT2D eigenvalue weighted by Crippen LogP contribution is -2.52. The second kappa shape index (κ2) is 12.9. The molecule has 2 amide bonds. The van der Waals surface area contributed by atoms with Crippen LogP contribution in [0.1, 0.15) is 31.9 Å². The summed E-state index contributed by atoms with van der Waals surface area (Å²) in [4.78, 5) is 31.4. The van der Waals surface area contributed by atoms with Crippen LogP contribution in [0, 0.1) is 12.7 Å². The maximum atomic E-state index is 14.1. The van der Waals surface area contributed by atoms with Gasteiger partial charge in [-0.1, -0.05) is 12.1 Å². The van der Waals surface area contributed by atoms with Gasteiger partial charge in [0.2, 0.25) is 0 Å². The lowest BCUT2D eigenvalue weighted by molar-refractivity contribution is -0.121. The number of methoxy groups -OCH3 is 1. The van der Waals surface area contributed by atoms with Crippen LogP contribution in [0.15, 0.2) is 48.5 Å². The molecule has 0 aliphatic carbocycles. The Labute approximate surface area is 253 Å². The van der Waals surface area contributed by atoms with E-state index >= 15 is 0 Å². The molecule has 0 spiro atoms. The third kappa shape index (κ3) is 6.85. The van der Waals surface area contributed by atoms with Crippen LogP contribution in [0.4, 0.5) is 20.6 Å². The van der Waals surface area contributed by atoms with Gasteiger partial charge in [-0.05, 0) is 77.2 Å². The molecule has 0 radical (unpaired) electrons. The summed E-state index contributed by atoms with van der Waals surface area (Å²) in [6, 6.07) is 13.5. The molecule has 4 rings (SSSR count). The van der Waals surface area contributed by atoms with Crippen molar-refractivity contribution in [2.24, 2.45) is 0 Å². The zero-order chi connectivity index (χ0) is 31.5. The van der Waals surface area contributed by atoms with Gasteiger partial charge in [0.25, 0.3) is 5.91 Å². The van der Waals surface area contributed by atoms with Crippen LogP contribution in [0.3, 0.4) is 0 Å². The van der Waals surface area contributed by atoms with Gasteiger partial charge in [-0.2, -0.15) is 0 Å². The summed E-state index contributed by atoms with van der Waals surface area (Å²) < 4.78 is 31.7. The maximum absolute atomic E-state index is 14.1. The molecule has 0 bridgehead atoms. The van der Waals surface area contributed by atoms with E-state index < -0.39 is 17.4 Å². The van der Waals surface area contributed by atoms with Gasteiger partial charge in [0.05, 0.1) is 18.5 Å². The van der Waals surface area contributed by atoms with Crippen molar-refractivity contribution < 1.29 is 28.2 Å². The van der Waals surface area contributed by atoms with E-state index in [1.165, 1.54) is 12.1 Å². The first-order valence-electron chi connectivity index (χ1n) is 14.3. The lowest BCUT2D eigenvalue weighted by Gasteiger charge is -2.39. The highest BCUT2D eigenvalue weighted by Crippen LogP contribution is 2.45. The van der Waals surface area contributed by atoms with Crippen LogP contribution in [0.25, 0.3) is 11.1 Å². The van der Waals surface area contributed by atoms with E-state index in [9.17, 15) is 14.0 Å². The van der Waals surface area contributed by atoms with Gasteiger partial charge in [-0.25, -0.2) is 9.18 Å². The minimum absolute atomic E-state index is 0.0553. The van der Waals surface area contributed by atoms with Crippen molar-refractivity contribution in [1.29, 1.82) is 0 Å². The molecule has 0 aromatic heterocycles. The van der Waals surface area contributed by atoms with Crippen molar-refractivity contribution in [3.8, 4) is 28.4 Å². The van der Waals surface area contributed by atoms with Crippen molar-refractivity contribution in [2.75, 3.05) is 58.1 Å². The van der Waals surface area contributed by atoms with Crippen LogP contribution in [-0.2, 0) is 11.4 Å². The van der Waals surface area contributed by atoms with Crippen LogP contribution < -0.4 is 24.4 Å². The summed E-state index contributed by atoms with van der Waals surface area (Å²) in [5.41, 5.74) is 3.59. The summed E-state index contributed by atoms with van der Waals surface area (Å²) in [6.07, 6.45) is -0.443. The quantitative estimate of drug-likeness (QED) is 0.312. The van der Waals surface area contributed by atoms with Gasteiger partial charge in [0.15, 0.2) is 0 Å². The number of hydrogen-bond acceptors (Lipinski definition) is 7. The lowest BCUT2D eigenvalue weighted by atomic mass is 9.91. The Morgan fingerprint density at radius 1 is 1.02 bits per heavy atom. The minimum atomic E-state index is -0.803. The third-order valence-electron chi connectivity index (χ3n) is 7.55. The van der Waals surface area contributed by atoms with E-state index in [0.29, 0.717) is 53.7 Å². The minimum Gasteiger partial charge on any atom is -0.496 e. The Hall–Kier alpha value is -4.31. The standard InChI is InChI=1S/C33H41FN4O5/c1-9-38(17-16-36(5)6)32(40)43-23-12-13-25(29(19-23)41-8)24-14-15-27-30(37(7)31(39)33(3,4)35-27)26(24)20-42-28-18-22(34)11-10-21(28)2/h10-15,18-19,35H,9,16-17,20H2,1-8H3. The molecule has 0 fully saturated rings. The zero-order valence-corrected chi connectivity index (χ0v) is 26.2. The van der Waals surface area contributed by atoms with E-state index in [1.54, 1.807) is 42.2 Å². The number of amides is 2. The molecule has 10 heteroatoms. The first-order chi connectivity index (χ1) is 20.4. The van der Waals surface area contributed by atoms with Crippen LogP contribution in [-0.4, -0.2) is 75.2 Å². The molecule has 43 heavy (non-hydrogen) atoms. The third-order valence-corrected chi connectivity index (χ3v) is 7.55. The summed E-state index contributed by atoms with van der Waals surface area (Å²) in [5, 5.41) is 3.34. The van der Waals surface area contributed by atoms with Crippen LogP contribution >= 0.6 is 0 Å². The number of benzene rings is 3. The Balaban J connectivity index is 1.75. The number of ether oxygens (including phenoxy) is 3. The smallest absolute Gasteiger partial charge is 0.415 e. The first kappa shape index (κ1) is 31.6. The second-order valence-corrected chi connectivity index (χ2v) is 11.4. The number of nitrogens with zero attached hydrogens (tertiary/aromatic N) is 3. The molecular formula is C33H41FN4O5. The predicted octanol–water partition coefficient (Wildman–Crippen LogP) is 5.94. The van der Waals surface area contributed by atoms with E-state index in [0.717, 1.165) is 16.8 Å². The highest BCUT2D eigenvalue weighted by Gasteiger charge is 2.38. The van der Waals surface area contributed by atoms with Crippen molar-refractivity contribution in [3.63, 3.8) is 0 Å². The Morgan fingerprint density at radius 2 is 1.74 bits per heavy atom. The Bertz CT molecular complexity index is 1510. The molecular weight excluding hydrogens is 551 g/mol. The summed E-state index contributed by atoms with van der Waals surface area (Å²) in [5.74, 6) is 0.718. The molecule has 230 valence electrons. The first-order valence-corrected chi connectivity index (χ1v) is 14.3. The van der Waals surface area contributed by atoms with Gasteiger partial charge in [0, 0.05) is 49.9 Å². The molecule has 1 aliphatic heterocycles. The van der Waals surface area contributed by atoms with Crippen molar-refractivity contribution in [2.45, 2.75) is 39.8 Å². The van der Waals surface area contributed by atoms with Gasteiger partial charge in [-0.15, -0.1) is 0 Å². The average Bonchev–Trinajstić information content (AvgIpc) is 2.96. The van der Waals surface area contributed by atoms with Crippen molar-refractivity contribution >= 4 is 23.4 Å². The second-order valence-electron chi connectivity index (χ2n) is 11.4. The largest absolute Gasteiger partial charge is 0.496 e. The normalized spacial score (nSPS) is 13.8. The Morgan fingerprint density at radius 3 is 2.42 bits per heavy atom. The SMILES string of the molecule is CCN(CCN(C)C)C(=O)Oc1ccc(-c2ccc3c(c2COc2cc(F)ccc2C)N(C)C(=O)C(C)(C)N3)c(OC)c1. The van der Waals surface area contributed by atoms with Crippen molar-refractivity contribution in [1.82, 2.24) is 9.80 Å². The summed E-state index contributed by atoms with van der Waals surface area (Å²) in [7, 11) is 7.18. The van der Waals surface area contributed by atoms with Gasteiger partial charge < -0.3 is 34.2 Å². The molecule has 1 heterocycles. The molecule has 0 atom stereocenters. The molecule has 0 unspecified atom stereocenters. The number of fused-ring (bicyclic) bond motifs is 1. The number of carbonyl (C=O) groups excluding carboxylic acids is 2. The molecule has 1 N–H and O–H groups in total. The number of aryl methyl sites for hydroxylation is 1. The molecule has 1 aliphatic rings. The van der Waals surface area contributed by atoms with E-state index in [1.807, 2.05) is 64.9 Å². The highest BCUT2D eigenvalue weighted by atomic mass is 19.1. The van der Waals surface area contributed by atoms with Crippen LogP contribution in [0.2, 0.25) is 0 Å². The number of halogens is 1. The number of likely N-dealkylation sites (N-methyl/N-ethyl adjacent to an activating group) is 3. The highest BCUT2D eigenvalue weighted by molar-refractivity contribution is 6.08. The number of anilines is 2. The van der Waals surface area contributed by atoms with Gasteiger partial charge in [0.1, 0.15) is 35.2 Å². The molecule has 3 aromatic carbocycles. The topological polar surface area (TPSA) is 83.6 Å². The molecule has 0 saturated carbocycles. The van der Waals surface area contributed by atoms with Crippen LogP contribution in [0.5, 0.6) is 17.2 Å². The fraction of sp³-hybridized carbons (Fsp3) is 0.394. The maximum Gasteiger partial charge on any atom is 0.415 e. The van der Waals surface area contributed by atoms with Gasteiger partial charge >= 0.3 is 6.09 Å². The average molecular weight is 593 g/mol. The van der Waals surface area contributed by atoms with E-state index in [-0.39, 0.29) is 12.5 Å². The zero-order valence-electron chi connectivity index (χ0n) is 26.2. The number of hydrogen-bond donors (Lipinski definition) is 1. The Kier molecular flexibility index (Phi) is 9.49. The van der Waals surface area contributed by atoms with Crippen molar-refractivity contribution in [3.05, 3.63) is 65.5 Å². The van der Waals surface area contributed by atoms with E-state index in [2.05, 4.69) is 5.32 Å².